The van der Waals surface area contributed by atoms with Crippen molar-refractivity contribution in [3.63, 3.8) is 0 Å². The highest BCUT2D eigenvalue weighted by molar-refractivity contribution is 5.80. The molecule has 118 valence electrons. The molecule has 0 bridgehead atoms. The summed E-state index contributed by atoms with van der Waals surface area (Å²) in [6, 6.07) is 11.3. The topological polar surface area (TPSA) is 41.4 Å². The number of guanidine groups is 1. The molecule has 0 atom stereocenters. The first-order valence-corrected chi connectivity index (χ1v) is 8.38. The fourth-order valence-electron chi connectivity index (χ4n) is 3.25. The Labute approximate surface area is 132 Å². The lowest BCUT2D eigenvalue weighted by Crippen LogP contribution is -2.42. The molecule has 1 heterocycles. The molecule has 1 aliphatic carbocycles. The van der Waals surface area contributed by atoms with Gasteiger partial charge < -0.3 is 15.2 Å². The van der Waals surface area contributed by atoms with Gasteiger partial charge in [0.05, 0.1) is 0 Å². The Hall–Kier alpha value is -1.97. The second-order valence-electron chi connectivity index (χ2n) is 6.05. The van der Waals surface area contributed by atoms with Crippen molar-refractivity contribution in [3.8, 4) is 0 Å². The third-order valence-electron chi connectivity index (χ3n) is 4.47. The molecule has 1 aromatic heterocycles. The molecule has 4 nitrogen and oxygen atoms in total. The fourth-order valence-corrected chi connectivity index (χ4v) is 3.25. The summed E-state index contributed by atoms with van der Waals surface area (Å²) >= 11 is 0. The van der Waals surface area contributed by atoms with Gasteiger partial charge in [-0.1, -0.05) is 31.0 Å². The Morgan fingerprint density at radius 2 is 2.05 bits per heavy atom. The summed E-state index contributed by atoms with van der Waals surface area (Å²) < 4.78 is 2.32. The summed E-state index contributed by atoms with van der Waals surface area (Å²) in [6.45, 7) is 1.97. The number of fused-ring (bicyclic) bond motifs is 1. The monoisotopic (exact) mass is 298 g/mol. The Morgan fingerprint density at radius 3 is 2.86 bits per heavy atom. The van der Waals surface area contributed by atoms with Crippen molar-refractivity contribution in [1.29, 1.82) is 0 Å². The molecule has 0 spiro atoms. The zero-order chi connectivity index (χ0) is 15.2. The number of benzene rings is 1. The highest BCUT2D eigenvalue weighted by Gasteiger charge is 2.15. The molecule has 3 rings (SSSR count). The normalized spacial score (nSPS) is 16.3. The molecule has 0 unspecified atom stereocenters. The van der Waals surface area contributed by atoms with Crippen molar-refractivity contribution in [2.24, 2.45) is 4.99 Å². The van der Waals surface area contributed by atoms with Gasteiger partial charge in [-0.3, -0.25) is 4.99 Å². The number of para-hydroxylation sites is 1. The second-order valence-corrected chi connectivity index (χ2v) is 6.05. The number of aryl methyl sites for hydroxylation is 1. The Bertz CT molecular complexity index is 623. The van der Waals surface area contributed by atoms with Crippen molar-refractivity contribution in [2.75, 3.05) is 13.6 Å². The molecule has 2 N–H and O–H groups in total. The van der Waals surface area contributed by atoms with Gasteiger partial charge >= 0.3 is 0 Å². The van der Waals surface area contributed by atoms with Crippen molar-refractivity contribution >= 4 is 16.9 Å². The van der Waals surface area contributed by atoms with Crippen LogP contribution < -0.4 is 10.6 Å². The molecule has 0 amide bonds. The molecular formula is C18H26N4. The van der Waals surface area contributed by atoms with E-state index in [0.29, 0.717) is 6.04 Å². The molecule has 4 heteroatoms. The van der Waals surface area contributed by atoms with Crippen LogP contribution >= 0.6 is 0 Å². The second kappa shape index (κ2) is 7.34. The first-order chi connectivity index (χ1) is 10.9. The number of hydrogen-bond acceptors (Lipinski definition) is 1. The number of aliphatic imine (C=N–C) groups is 1. The van der Waals surface area contributed by atoms with E-state index in [2.05, 4.69) is 56.7 Å². The van der Waals surface area contributed by atoms with Crippen molar-refractivity contribution < 1.29 is 0 Å². The van der Waals surface area contributed by atoms with Crippen LogP contribution in [0.5, 0.6) is 0 Å². The molecule has 1 aliphatic rings. The number of aromatic nitrogens is 1. The van der Waals surface area contributed by atoms with Gasteiger partial charge in [0.15, 0.2) is 5.96 Å². The van der Waals surface area contributed by atoms with Gasteiger partial charge in [0, 0.05) is 37.9 Å². The Morgan fingerprint density at radius 1 is 1.23 bits per heavy atom. The van der Waals surface area contributed by atoms with Gasteiger partial charge in [0.1, 0.15) is 0 Å². The Balaban J connectivity index is 1.44. The van der Waals surface area contributed by atoms with Crippen LogP contribution in [-0.4, -0.2) is 30.2 Å². The summed E-state index contributed by atoms with van der Waals surface area (Å²) in [6.07, 6.45) is 8.50. The average molecular weight is 298 g/mol. The van der Waals surface area contributed by atoms with E-state index in [9.17, 15) is 0 Å². The molecule has 1 aromatic carbocycles. The lowest BCUT2D eigenvalue weighted by molar-refractivity contribution is 0.599. The summed E-state index contributed by atoms with van der Waals surface area (Å²) in [4.78, 5) is 4.32. The minimum absolute atomic E-state index is 0.611. The van der Waals surface area contributed by atoms with E-state index >= 15 is 0 Å². The fraction of sp³-hybridized carbons (Fsp3) is 0.500. The van der Waals surface area contributed by atoms with Crippen LogP contribution in [0.2, 0.25) is 0 Å². The third-order valence-corrected chi connectivity index (χ3v) is 4.47. The number of rotatable bonds is 5. The van der Waals surface area contributed by atoms with E-state index in [0.717, 1.165) is 25.5 Å². The summed E-state index contributed by atoms with van der Waals surface area (Å²) in [5.41, 5.74) is 1.32. The van der Waals surface area contributed by atoms with Gasteiger partial charge in [-0.05, 0) is 36.8 Å². The first kappa shape index (κ1) is 14.9. The number of nitrogens with one attached hydrogen (secondary N) is 2. The van der Waals surface area contributed by atoms with Gasteiger partial charge in [-0.25, -0.2) is 0 Å². The minimum Gasteiger partial charge on any atom is -0.356 e. The van der Waals surface area contributed by atoms with Gasteiger partial charge in [-0.15, -0.1) is 0 Å². The lowest BCUT2D eigenvalue weighted by Gasteiger charge is -2.17. The number of nitrogens with zero attached hydrogens (tertiary/aromatic N) is 2. The van der Waals surface area contributed by atoms with Crippen LogP contribution in [0.25, 0.3) is 10.9 Å². The van der Waals surface area contributed by atoms with E-state index in [1.54, 1.807) is 0 Å². The van der Waals surface area contributed by atoms with Crippen LogP contribution in [-0.2, 0) is 6.54 Å². The molecule has 1 fully saturated rings. The molecule has 1 saturated carbocycles. The van der Waals surface area contributed by atoms with Crippen LogP contribution in [0.1, 0.15) is 32.1 Å². The van der Waals surface area contributed by atoms with Crippen LogP contribution in [0, 0.1) is 0 Å². The van der Waals surface area contributed by atoms with Crippen LogP contribution in [0.3, 0.4) is 0 Å². The molecule has 2 aromatic rings. The largest absolute Gasteiger partial charge is 0.356 e. The molecule has 0 aliphatic heterocycles. The molecule has 0 saturated heterocycles. The van der Waals surface area contributed by atoms with E-state index in [1.165, 1.54) is 36.6 Å². The van der Waals surface area contributed by atoms with Gasteiger partial charge in [0.25, 0.3) is 0 Å². The minimum atomic E-state index is 0.611. The smallest absolute Gasteiger partial charge is 0.191 e. The van der Waals surface area contributed by atoms with Crippen molar-refractivity contribution in [1.82, 2.24) is 15.2 Å². The van der Waals surface area contributed by atoms with Crippen molar-refractivity contribution in [3.05, 3.63) is 36.5 Å². The maximum Gasteiger partial charge on any atom is 0.191 e. The predicted molar refractivity (Wildman–Crippen MR) is 93.3 cm³/mol. The number of hydrogen-bond donors (Lipinski definition) is 2. The quantitative estimate of drug-likeness (QED) is 0.506. The molecule has 22 heavy (non-hydrogen) atoms. The summed E-state index contributed by atoms with van der Waals surface area (Å²) in [7, 11) is 1.85. The summed E-state index contributed by atoms with van der Waals surface area (Å²) in [5, 5.41) is 8.27. The SMILES string of the molecule is CN=C(NCCCn1ccc2ccccc21)NC1CCCC1. The predicted octanol–water partition coefficient (Wildman–Crippen LogP) is 3.14. The van der Waals surface area contributed by atoms with E-state index in [4.69, 9.17) is 0 Å². The van der Waals surface area contributed by atoms with Crippen LogP contribution in [0.4, 0.5) is 0 Å². The third kappa shape index (κ3) is 3.62. The van der Waals surface area contributed by atoms with E-state index in [-0.39, 0.29) is 0 Å². The average Bonchev–Trinajstić information content (AvgIpc) is 3.20. The first-order valence-electron chi connectivity index (χ1n) is 8.38. The molecule has 0 radical (unpaired) electrons. The zero-order valence-corrected chi connectivity index (χ0v) is 13.4. The zero-order valence-electron chi connectivity index (χ0n) is 13.4. The lowest BCUT2D eigenvalue weighted by atomic mass is 10.2. The molecular weight excluding hydrogens is 272 g/mol. The van der Waals surface area contributed by atoms with E-state index < -0.39 is 0 Å². The summed E-state index contributed by atoms with van der Waals surface area (Å²) in [5.74, 6) is 0.948. The highest BCUT2D eigenvalue weighted by Crippen LogP contribution is 2.17. The Kier molecular flexibility index (Phi) is 4.99. The standard InChI is InChI=1S/C18H26N4/c1-19-18(21-16-8-3-4-9-16)20-12-6-13-22-14-11-15-7-2-5-10-17(15)22/h2,5,7,10-11,14,16H,3-4,6,8-9,12-13H2,1H3,(H2,19,20,21). The maximum absolute atomic E-state index is 4.32. The van der Waals surface area contributed by atoms with Crippen molar-refractivity contribution in [2.45, 2.75) is 44.7 Å². The van der Waals surface area contributed by atoms with Gasteiger partial charge in [-0.2, -0.15) is 0 Å². The maximum atomic E-state index is 4.32. The van der Waals surface area contributed by atoms with E-state index in [1.807, 2.05) is 7.05 Å². The highest BCUT2D eigenvalue weighted by atomic mass is 15.2. The van der Waals surface area contributed by atoms with Gasteiger partial charge in [0.2, 0.25) is 0 Å². The van der Waals surface area contributed by atoms with Crippen LogP contribution in [0.15, 0.2) is 41.5 Å².